The number of furan rings is 1. The van der Waals surface area contributed by atoms with Crippen molar-refractivity contribution in [2.75, 3.05) is 20.1 Å². The molecule has 1 aromatic heterocycles. The van der Waals surface area contributed by atoms with Gasteiger partial charge < -0.3 is 14.6 Å². The van der Waals surface area contributed by atoms with E-state index in [0.29, 0.717) is 18.3 Å². The summed E-state index contributed by atoms with van der Waals surface area (Å²) in [5, 5.41) is 12.0. The molecule has 1 aliphatic rings. The molecule has 92 valence electrons. The van der Waals surface area contributed by atoms with E-state index >= 15 is 0 Å². The molecule has 0 amide bonds. The molecule has 2 rings (SSSR count). The van der Waals surface area contributed by atoms with Crippen molar-refractivity contribution >= 4 is 0 Å². The second-order valence-corrected chi connectivity index (χ2v) is 4.64. The van der Waals surface area contributed by atoms with E-state index in [1.165, 1.54) is 25.8 Å². The molecule has 1 atom stereocenters. The minimum atomic E-state index is 0.386. The molecule has 1 aromatic rings. The Kier molecular flexibility index (Phi) is 4.18. The van der Waals surface area contributed by atoms with Crippen LogP contribution in [0.1, 0.15) is 30.8 Å². The molecule has 0 bridgehead atoms. The number of hydrogen-bond acceptors (Lipinski definition) is 4. The third-order valence-electron chi connectivity index (χ3n) is 3.37. The van der Waals surface area contributed by atoms with Crippen molar-refractivity contribution in [3.63, 3.8) is 0 Å². The maximum Gasteiger partial charge on any atom is 0.203 e. The van der Waals surface area contributed by atoms with Gasteiger partial charge >= 0.3 is 0 Å². The van der Waals surface area contributed by atoms with Crippen LogP contribution in [0.3, 0.4) is 0 Å². The molecule has 0 aromatic carbocycles. The van der Waals surface area contributed by atoms with Gasteiger partial charge in [0.2, 0.25) is 5.76 Å². The summed E-state index contributed by atoms with van der Waals surface area (Å²) in [7, 11) is 2.19. The van der Waals surface area contributed by atoms with Crippen LogP contribution in [0.4, 0.5) is 0 Å². The Hall–Kier alpha value is -1.31. The molecule has 1 fully saturated rings. The average Bonchev–Trinajstić information content (AvgIpc) is 2.80. The van der Waals surface area contributed by atoms with Gasteiger partial charge in [0.1, 0.15) is 11.8 Å². The highest BCUT2D eigenvalue weighted by Gasteiger charge is 2.18. The summed E-state index contributed by atoms with van der Waals surface area (Å²) >= 11 is 0. The van der Waals surface area contributed by atoms with Crippen LogP contribution in [-0.4, -0.2) is 31.1 Å². The summed E-state index contributed by atoms with van der Waals surface area (Å²) in [5.41, 5.74) is 0. The van der Waals surface area contributed by atoms with Crippen LogP contribution >= 0.6 is 0 Å². The van der Waals surface area contributed by atoms with Crippen molar-refractivity contribution in [3.05, 3.63) is 23.7 Å². The number of nitrogens with zero attached hydrogens (tertiary/aromatic N) is 2. The third kappa shape index (κ3) is 3.32. The second kappa shape index (κ2) is 5.85. The Morgan fingerprint density at radius 3 is 3.12 bits per heavy atom. The van der Waals surface area contributed by atoms with Crippen molar-refractivity contribution in [2.24, 2.45) is 0 Å². The summed E-state index contributed by atoms with van der Waals surface area (Å²) in [6.45, 7) is 2.89. The Morgan fingerprint density at radius 2 is 2.41 bits per heavy atom. The number of likely N-dealkylation sites (N-methyl/N-ethyl adjacent to an activating group) is 1. The zero-order valence-electron chi connectivity index (χ0n) is 10.3. The first-order valence-electron chi connectivity index (χ1n) is 6.19. The number of rotatable bonds is 4. The summed E-state index contributed by atoms with van der Waals surface area (Å²) < 4.78 is 5.31. The molecule has 0 saturated carbocycles. The smallest absolute Gasteiger partial charge is 0.203 e. The van der Waals surface area contributed by atoms with Gasteiger partial charge in [-0.2, -0.15) is 5.26 Å². The molecule has 1 saturated heterocycles. The molecule has 17 heavy (non-hydrogen) atoms. The minimum absolute atomic E-state index is 0.386. The van der Waals surface area contributed by atoms with E-state index in [1.54, 1.807) is 6.07 Å². The van der Waals surface area contributed by atoms with E-state index in [-0.39, 0.29) is 0 Å². The highest BCUT2D eigenvalue weighted by Crippen LogP contribution is 2.14. The van der Waals surface area contributed by atoms with E-state index in [0.717, 1.165) is 12.3 Å². The van der Waals surface area contributed by atoms with Gasteiger partial charge in [-0.05, 0) is 38.6 Å². The molecular weight excluding hydrogens is 214 g/mol. The quantitative estimate of drug-likeness (QED) is 0.860. The van der Waals surface area contributed by atoms with Crippen molar-refractivity contribution < 1.29 is 4.42 Å². The van der Waals surface area contributed by atoms with Gasteiger partial charge in [0.05, 0.1) is 6.54 Å². The van der Waals surface area contributed by atoms with Crippen LogP contribution in [0, 0.1) is 11.3 Å². The van der Waals surface area contributed by atoms with Crippen molar-refractivity contribution in [3.8, 4) is 6.07 Å². The maximum absolute atomic E-state index is 8.64. The highest BCUT2D eigenvalue weighted by atomic mass is 16.3. The lowest BCUT2D eigenvalue weighted by Gasteiger charge is -2.32. The van der Waals surface area contributed by atoms with E-state index < -0.39 is 0 Å². The molecule has 0 spiro atoms. The predicted octanol–water partition coefficient (Wildman–Crippen LogP) is 1.73. The normalized spacial score (nSPS) is 21.3. The lowest BCUT2D eigenvalue weighted by atomic mass is 10.0. The first-order valence-corrected chi connectivity index (χ1v) is 6.19. The second-order valence-electron chi connectivity index (χ2n) is 4.64. The number of hydrogen-bond donors (Lipinski definition) is 1. The highest BCUT2D eigenvalue weighted by molar-refractivity contribution is 5.18. The van der Waals surface area contributed by atoms with Crippen LogP contribution < -0.4 is 5.32 Å². The van der Waals surface area contributed by atoms with Gasteiger partial charge in [-0.3, -0.25) is 0 Å². The molecule has 4 heteroatoms. The first kappa shape index (κ1) is 12.2. The summed E-state index contributed by atoms with van der Waals surface area (Å²) in [6.07, 6.45) is 3.91. The van der Waals surface area contributed by atoms with Gasteiger partial charge in [-0.1, -0.05) is 6.42 Å². The number of piperidine rings is 1. The Bertz CT molecular complexity index is 394. The lowest BCUT2D eigenvalue weighted by molar-refractivity contribution is 0.180. The van der Waals surface area contributed by atoms with Gasteiger partial charge in [0.15, 0.2) is 0 Å². The molecule has 4 nitrogen and oxygen atoms in total. The molecule has 1 unspecified atom stereocenters. The minimum Gasteiger partial charge on any atom is -0.449 e. The third-order valence-corrected chi connectivity index (χ3v) is 3.37. The molecule has 0 aliphatic carbocycles. The summed E-state index contributed by atoms with van der Waals surface area (Å²) in [4.78, 5) is 2.42. The topological polar surface area (TPSA) is 52.2 Å². The van der Waals surface area contributed by atoms with Gasteiger partial charge in [0, 0.05) is 12.6 Å². The molecule has 2 heterocycles. The Balaban J connectivity index is 1.73. The standard InChI is InChI=1S/C13H19N3O/c1-16-7-3-2-4-11(16)9-15-10-13-6-5-12(8-14)17-13/h5-6,11,15H,2-4,7,9-10H2,1H3. The number of nitriles is 1. The maximum atomic E-state index is 8.64. The molecule has 1 aliphatic heterocycles. The molecule has 1 N–H and O–H groups in total. The summed E-state index contributed by atoms with van der Waals surface area (Å²) in [5.74, 6) is 1.22. The first-order chi connectivity index (χ1) is 8.29. The van der Waals surface area contributed by atoms with E-state index in [4.69, 9.17) is 9.68 Å². The molecule has 0 radical (unpaired) electrons. The fourth-order valence-corrected chi connectivity index (χ4v) is 2.30. The Labute approximate surface area is 102 Å². The monoisotopic (exact) mass is 233 g/mol. The lowest BCUT2D eigenvalue weighted by Crippen LogP contribution is -2.42. The fraction of sp³-hybridized carbons (Fsp3) is 0.615. The van der Waals surface area contributed by atoms with Gasteiger partial charge in [-0.15, -0.1) is 0 Å². The van der Waals surface area contributed by atoms with Gasteiger partial charge in [0.25, 0.3) is 0 Å². The summed E-state index contributed by atoms with van der Waals surface area (Å²) in [6, 6.07) is 6.19. The van der Waals surface area contributed by atoms with E-state index in [9.17, 15) is 0 Å². The van der Waals surface area contributed by atoms with Crippen LogP contribution in [0.15, 0.2) is 16.5 Å². The van der Waals surface area contributed by atoms with Gasteiger partial charge in [-0.25, -0.2) is 0 Å². The van der Waals surface area contributed by atoms with E-state index in [1.807, 2.05) is 12.1 Å². The zero-order chi connectivity index (χ0) is 12.1. The predicted molar refractivity (Wildman–Crippen MR) is 65.4 cm³/mol. The van der Waals surface area contributed by atoms with Crippen LogP contribution in [-0.2, 0) is 6.54 Å². The van der Waals surface area contributed by atoms with Crippen molar-refractivity contribution in [1.82, 2.24) is 10.2 Å². The number of nitrogens with one attached hydrogen (secondary N) is 1. The Morgan fingerprint density at radius 1 is 1.53 bits per heavy atom. The average molecular weight is 233 g/mol. The zero-order valence-corrected chi connectivity index (χ0v) is 10.3. The van der Waals surface area contributed by atoms with E-state index in [2.05, 4.69) is 17.3 Å². The molecular formula is C13H19N3O. The van der Waals surface area contributed by atoms with Crippen molar-refractivity contribution in [1.29, 1.82) is 5.26 Å². The fourth-order valence-electron chi connectivity index (χ4n) is 2.30. The van der Waals surface area contributed by atoms with Crippen molar-refractivity contribution in [2.45, 2.75) is 31.8 Å². The van der Waals surface area contributed by atoms with Crippen LogP contribution in [0.25, 0.3) is 0 Å². The number of likely N-dealkylation sites (tertiary alicyclic amines) is 1. The SMILES string of the molecule is CN1CCCCC1CNCc1ccc(C#N)o1. The van der Waals surface area contributed by atoms with Crippen LogP contribution in [0.5, 0.6) is 0 Å². The largest absolute Gasteiger partial charge is 0.449 e. The van der Waals surface area contributed by atoms with Crippen LogP contribution in [0.2, 0.25) is 0 Å².